The van der Waals surface area contributed by atoms with Crippen LogP contribution in [0.2, 0.25) is 0 Å². The van der Waals surface area contributed by atoms with Gasteiger partial charge in [-0.2, -0.15) is 0 Å². The Morgan fingerprint density at radius 1 is 1.50 bits per heavy atom. The van der Waals surface area contributed by atoms with Crippen molar-refractivity contribution in [2.75, 3.05) is 13.6 Å². The minimum absolute atomic E-state index is 0.518. The number of aliphatic hydroxyl groups is 1. The third-order valence-electron chi connectivity index (χ3n) is 1.40. The summed E-state index contributed by atoms with van der Waals surface area (Å²) >= 11 is 0. The van der Waals surface area contributed by atoms with Crippen molar-refractivity contribution in [3.63, 3.8) is 0 Å². The summed E-state index contributed by atoms with van der Waals surface area (Å²) in [6, 6.07) is 0. The van der Waals surface area contributed by atoms with E-state index in [4.69, 9.17) is 0 Å². The molecule has 2 N–H and O–H groups in total. The minimum Gasteiger partial charge on any atom is -0.390 e. The summed E-state index contributed by atoms with van der Waals surface area (Å²) in [5, 5.41) is 12.5. The molecule has 0 saturated heterocycles. The third kappa shape index (κ3) is 6.05. The van der Waals surface area contributed by atoms with Crippen molar-refractivity contribution in [1.82, 2.24) is 5.32 Å². The van der Waals surface area contributed by atoms with E-state index in [0.717, 1.165) is 13.0 Å². The second-order valence-electron chi connectivity index (χ2n) is 3.68. The Balaban J connectivity index is 3.47. The first-order valence-electron chi connectivity index (χ1n) is 3.82. The van der Waals surface area contributed by atoms with Crippen molar-refractivity contribution < 1.29 is 5.11 Å². The lowest BCUT2D eigenvalue weighted by Crippen LogP contribution is -2.27. The standard InChI is InChI=1S/C8H19NO/c1-7(6-9-4)5-8(2,3)10/h7,9-10H,5-6H2,1-4H3. The fraction of sp³-hybridized carbons (Fsp3) is 1.00. The van der Waals surface area contributed by atoms with Crippen LogP contribution in [0.25, 0.3) is 0 Å². The quantitative estimate of drug-likeness (QED) is 0.618. The first kappa shape index (κ1) is 9.92. The van der Waals surface area contributed by atoms with Gasteiger partial charge in [0.25, 0.3) is 0 Å². The Morgan fingerprint density at radius 3 is 2.30 bits per heavy atom. The van der Waals surface area contributed by atoms with E-state index in [-0.39, 0.29) is 0 Å². The average molecular weight is 145 g/mol. The van der Waals surface area contributed by atoms with Gasteiger partial charge in [0.2, 0.25) is 0 Å². The smallest absolute Gasteiger partial charge is 0.0594 e. The van der Waals surface area contributed by atoms with Crippen molar-refractivity contribution in [2.45, 2.75) is 32.8 Å². The van der Waals surface area contributed by atoms with Crippen molar-refractivity contribution >= 4 is 0 Å². The SMILES string of the molecule is CNCC(C)CC(C)(C)O. The molecule has 0 bridgehead atoms. The summed E-state index contributed by atoms with van der Waals surface area (Å²) < 4.78 is 0. The Labute approximate surface area is 63.6 Å². The van der Waals surface area contributed by atoms with E-state index in [1.165, 1.54) is 0 Å². The van der Waals surface area contributed by atoms with Gasteiger partial charge in [-0.25, -0.2) is 0 Å². The van der Waals surface area contributed by atoms with Crippen LogP contribution >= 0.6 is 0 Å². The summed E-state index contributed by atoms with van der Waals surface area (Å²) in [7, 11) is 1.93. The molecule has 0 aliphatic rings. The lowest BCUT2D eigenvalue weighted by Gasteiger charge is -2.21. The monoisotopic (exact) mass is 145 g/mol. The molecule has 0 aromatic carbocycles. The Kier molecular flexibility index (Phi) is 3.91. The largest absolute Gasteiger partial charge is 0.390 e. The maximum absolute atomic E-state index is 9.39. The van der Waals surface area contributed by atoms with Crippen molar-refractivity contribution in [3.8, 4) is 0 Å². The summed E-state index contributed by atoms with van der Waals surface area (Å²) in [5.41, 5.74) is -0.518. The van der Waals surface area contributed by atoms with Crippen molar-refractivity contribution in [2.24, 2.45) is 5.92 Å². The third-order valence-corrected chi connectivity index (χ3v) is 1.40. The molecule has 0 saturated carbocycles. The lowest BCUT2D eigenvalue weighted by molar-refractivity contribution is 0.0555. The predicted molar refractivity (Wildman–Crippen MR) is 44.0 cm³/mol. The first-order valence-corrected chi connectivity index (χ1v) is 3.82. The highest BCUT2D eigenvalue weighted by Crippen LogP contribution is 2.14. The predicted octanol–water partition coefficient (Wildman–Crippen LogP) is 1.00. The molecule has 0 aliphatic carbocycles. The van der Waals surface area contributed by atoms with E-state index in [1.807, 2.05) is 20.9 Å². The molecule has 1 unspecified atom stereocenters. The summed E-state index contributed by atoms with van der Waals surface area (Å²) in [4.78, 5) is 0. The van der Waals surface area contributed by atoms with Crippen LogP contribution in [-0.2, 0) is 0 Å². The van der Waals surface area contributed by atoms with Crippen LogP contribution in [0.3, 0.4) is 0 Å². The van der Waals surface area contributed by atoms with Crippen LogP contribution in [0.4, 0.5) is 0 Å². The van der Waals surface area contributed by atoms with Gasteiger partial charge in [-0.3, -0.25) is 0 Å². The zero-order chi connectivity index (χ0) is 8.20. The van der Waals surface area contributed by atoms with Gasteiger partial charge < -0.3 is 10.4 Å². The van der Waals surface area contributed by atoms with Crippen LogP contribution in [0.5, 0.6) is 0 Å². The van der Waals surface area contributed by atoms with Gasteiger partial charge in [-0.05, 0) is 39.8 Å². The fourth-order valence-electron chi connectivity index (χ4n) is 1.27. The minimum atomic E-state index is -0.518. The van der Waals surface area contributed by atoms with Gasteiger partial charge in [0.05, 0.1) is 5.60 Å². The highest BCUT2D eigenvalue weighted by molar-refractivity contribution is 4.69. The highest BCUT2D eigenvalue weighted by Gasteiger charge is 2.15. The van der Waals surface area contributed by atoms with Crippen LogP contribution in [0.1, 0.15) is 27.2 Å². The van der Waals surface area contributed by atoms with Crippen LogP contribution in [-0.4, -0.2) is 24.3 Å². The highest BCUT2D eigenvalue weighted by atomic mass is 16.3. The van der Waals surface area contributed by atoms with Crippen molar-refractivity contribution in [3.05, 3.63) is 0 Å². The molecule has 0 fully saturated rings. The van der Waals surface area contributed by atoms with Crippen molar-refractivity contribution in [1.29, 1.82) is 0 Å². The molecule has 1 atom stereocenters. The number of hydrogen-bond acceptors (Lipinski definition) is 2. The number of hydrogen-bond donors (Lipinski definition) is 2. The zero-order valence-electron chi connectivity index (χ0n) is 7.44. The van der Waals surface area contributed by atoms with E-state index in [1.54, 1.807) is 0 Å². The molecule has 0 rings (SSSR count). The molecule has 0 spiro atoms. The van der Waals surface area contributed by atoms with Crippen LogP contribution in [0, 0.1) is 5.92 Å². The van der Waals surface area contributed by atoms with Gasteiger partial charge in [0, 0.05) is 0 Å². The molecule has 0 aromatic rings. The topological polar surface area (TPSA) is 32.3 Å². The van der Waals surface area contributed by atoms with E-state index in [0.29, 0.717) is 5.92 Å². The molecule has 62 valence electrons. The Hall–Kier alpha value is -0.0800. The van der Waals surface area contributed by atoms with Crippen LogP contribution in [0.15, 0.2) is 0 Å². The molecule has 10 heavy (non-hydrogen) atoms. The van der Waals surface area contributed by atoms with Gasteiger partial charge in [0.1, 0.15) is 0 Å². The molecule has 2 nitrogen and oxygen atoms in total. The number of rotatable bonds is 4. The molecular weight excluding hydrogens is 126 g/mol. The molecule has 2 heteroatoms. The number of nitrogens with one attached hydrogen (secondary N) is 1. The molecular formula is C8H19NO. The Morgan fingerprint density at radius 2 is 2.00 bits per heavy atom. The van der Waals surface area contributed by atoms with E-state index in [2.05, 4.69) is 12.2 Å². The second-order valence-corrected chi connectivity index (χ2v) is 3.68. The molecule has 0 aliphatic heterocycles. The van der Waals surface area contributed by atoms with E-state index < -0.39 is 5.60 Å². The fourth-order valence-corrected chi connectivity index (χ4v) is 1.27. The molecule has 0 amide bonds. The summed E-state index contributed by atoms with van der Waals surface area (Å²) in [6.45, 7) is 6.80. The van der Waals surface area contributed by atoms with Crippen LogP contribution < -0.4 is 5.32 Å². The zero-order valence-corrected chi connectivity index (χ0v) is 7.44. The normalized spacial score (nSPS) is 15.3. The maximum Gasteiger partial charge on any atom is 0.0594 e. The molecule has 0 radical (unpaired) electrons. The summed E-state index contributed by atoms with van der Waals surface area (Å²) in [6.07, 6.45) is 0.855. The second kappa shape index (κ2) is 3.94. The van der Waals surface area contributed by atoms with Gasteiger partial charge in [-0.15, -0.1) is 0 Å². The molecule has 0 heterocycles. The maximum atomic E-state index is 9.39. The lowest BCUT2D eigenvalue weighted by atomic mass is 9.95. The summed E-state index contributed by atoms with van der Waals surface area (Å²) in [5.74, 6) is 0.546. The molecule has 0 aromatic heterocycles. The van der Waals surface area contributed by atoms with Gasteiger partial charge in [0.15, 0.2) is 0 Å². The Bertz CT molecular complexity index is 85.7. The van der Waals surface area contributed by atoms with Gasteiger partial charge >= 0.3 is 0 Å². The van der Waals surface area contributed by atoms with E-state index >= 15 is 0 Å². The van der Waals surface area contributed by atoms with E-state index in [9.17, 15) is 5.11 Å². The van der Waals surface area contributed by atoms with Gasteiger partial charge in [-0.1, -0.05) is 6.92 Å². The first-order chi connectivity index (χ1) is 4.45. The average Bonchev–Trinajstić information content (AvgIpc) is 1.59.